The molecular weight excluding hydrogens is 278 g/mol. The molecule has 4 rings (SSSR count). The van der Waals surface area contributed by atoms with Crippen molar-refractivity contribution in [1.82, 2.24) is 9.97 Å². The molecule has 2 aliphatic rings. The van der Waals surface area contributed by atoms with E-state index in [9.17, 15) is 0 Å². The highest BCUT2D eigenvalue weighted by molar-refractivity contribution is 7.19. The molecule has 2 aromatic heterocycles. The average Bonchev–Trinajstić information content (AvgIpc) is 3.03. The van der Waals surface area contributed by atoms with E-state index < -0.39 is 0 Å². The van der Waals surface area contributed by atoms with Crippen molar-refractivity contribution in [1.29, 1.82) is 0 Å². The van der Waals surface area contributed by atoms with Crippen LogP contribution in [-0.2, 0) is 12.8 Å². The number of hydrogen-bond acceptors (Lipinski definition) is 4. The first-order chi connectivity index (χ1) is 9.31. The smallest absolute Gasteiger partial charge is 0.225 e. The highest BCUT2D eigenvalue weighted by Crippen LogP contribution is 2.40. The van der Waals surface area contributed by atoms with E-state index in [-0.39, 0.29) is 0 Å². The Morgan fingerprint density at radius 2 is 1.95 bits per heavy atom. The fourth-order valence-corrected chi connectivity index (χ4v) is 4.82. The van der Waals surface area contributed by atoms with E-state index in [1.807, 2.05) is 0 Å². The lowest BCUT2D eigenvalue weighted by atomic mass is 10.1. The molecule has 0 spiro atoms. The number of aryl methyl sites for hydroxylation is 2. The summed E-state index contributed by atoms with van der Waals surface area (Å²) in [5.41, 5.74) is 1.47. The zero-order chi connectivity index (χ0) is 12.8. The predicted octanol–water partition coefficient (Wildman–Crippen LogP) is 4.19. The van der Waals surface area contributed by atoms with E-state index >= 15 is 0 Å². The first-order valence-corrected chi connectivity index (χ1v) is 8.25. The normalized spacial score (nSPS) is 19.2. The quantitative estimate of drug-likeness (QED) is 0.844. The van der Waals surface area contributed by atoms with Crippen LogP contribution in [0.4, 0.5) is 5.82 Å². The lowest BCUT2D eigenvalue weighted by Gasteiger charge is -2.14. The zero-order valence-corrected chi connectivity index (χ0v) is 12.3. The Morgan fingerprint density at radius 3 is 2.79 bits per heavy atom. The molecule has 0 aromatic carbocycles. The summed E-state index contributed by atoms with van der Waals surface area (Å²) in [6, 6.07) is 0.561. The van der Waals surface area contributed by atoms with Crippen LogP contribution in [0.15, 0.2) is 0 Å². The Hall–Kier alpha value is -0.870. The highest BCUT2D eigenvalue weighted by atomic mass is 35.5. The van der Waals surface area contributed by atoms with Crippen LogP contribution >= 0.6 is 22.9 Å². The van der Waals surface area contributed by atoms with Crippen LogP contribution < -0.4 is 5.32 Å². The van der Waals surface area contributed by atoms with Gasteiger partial charge in [-0.25, -0.2) is 9.97 Å². The van der Waals surface area contributed by atoms with Gasteiger partial charge in [-0.05, 0) is 49.3 Å². The number of fused-ring (bicyclic) bond motifs is 3. The minimum atomic E-state index is 0.368. The van der Waals surface area contributed by atoms with Gasteiger partial charge in [-0.3, -0.25) is 0 Å². The third-order valence-electron chi connectivity index (χ3n) is 4.23. The zero-order valence-electron chi connectivity index (χ0n) is 10.7. The maximum absolute atomic E-state index is 6.08. The fourth-order valence-electron chi connectivity index (χ4n) is 3.34. The number of nitrogens with zero attached hydrogens (tertiary/aromatic N) is 2. The average molecular weight is 294 g/mol. The second-order valence-electron chi connectivity index (χ2n) is 5.50. The number of rotatable bonds is 2. The molecule has 19 heavy (non-hydrogen) atoms. The van der Waals surface area contributed by atoms with Crippen molar-refractivity contribution in [3.63, 3.8) is 0 Å². The summed E-state index contributed by atoms with van der Waals surface area (Å²) in [6.07, 6.45) is 8.76. The minimum absolute atomic E-state index is 0.368. The molecule has 5 heteroatoms. The minimum Gasteiger partial charge on any atom is -0.367 e. The first kappa shape index (κ1) is 11.9. The number of halogens is 1. The van der Waals surface area contributed by atoms with Crippen LogP contribution in [0, 0.1) is 0 Å². The van der Waals surface area contributed by atoms with Gasteiger partial charge in [0.05, 0.1) is 5.39 Å². The van der Waals surface area contributed by atoms with Gasteiger partial charge >= 0.3 is 0 Å². The van der Waals surface area contributed by atoms with E-state index in [1.54, 1.807) is 11.3 Å². The Morgan fingerprint density at radius 1 is 1.11 bits per heavy atom. The van der Waals surface area contributed by atoms with Crippen molar-refractivity contribution >= 4 is 39.0 Å². The van der Waals surface area contributed by atoms with E-state index in [1.165, 1.54) is 60.8 Å². The molecule has 1 saturated carbocycles. The summed E-state index contributed by atoms with van der Waals surface area (Å²) in [5.74, 6) is 0.973. The molecule has 100 valence electrons. The molecule has 0 bridgehead atoms. The van der Waals surface area contributed by atoms with E-state index in [4.69, 9.17) is 11.6 Å². The number of aromatic nitrogens is 2. The maximum Gasteiger partial charge on any atom is 0.225 e. The van der Waals surface area contributed by atoms with Crippen LogP contribution in [0.1, 0.15) is 42.5 Å². The predicted molar refractivity (Wildman–Crippen MR) is 80.3 cm³/mol. The van der Waals surface area contributed by atoms with Gasteiger partial charge in [0.15, 0.2) is 0 Å². The molecule has 2 heterocycles. The summed E-state index contributed by atoms with van der Waals surface area (Å²) >= 11 is 7.87. The second-order valence-corrected chi connectivity index (χ2v) is 6.93. The van der Waals surface area contributed by atoms with Gasteiger partial charge in [0.1, 0.15) is 10.6 Å². The van der Waals surface area contributed by atoms with Crippen molar-refractivity contribution in [2.75, 3.05) is 5.32 Å². The molecule has 2 aliphatic carbocycles. The van der Waals surface area contributed by atoms with Gasteiger partial charge in [-0.1, -0.05) is 12.8 Å². The molecule has 2 aromatic rings. The van der Waals surface area contributed by atoms with Crippen LogP contribution in [0.5, 0.6) is 0 Å². The number of thiophene rings is 1. The lowest BCUT2D eigenvalue weighted by molar-refractivity contribution is 0.751. The molecular formula is C14H16ClN3S. The topological polar surface area (TPSA) is 37.8 Å². The highest BCUT2D eigenvalue weighted by Gasteiger charge is 2.24. The molecule has 0 amide bonds. The lowest BCUT2D eigenvalue weighted by Crippen LogP contribution is -2.16. The summed E-state index contributed by atoms with van der Waals surface area (Å²) in [4.78, 5) is 11.4. The van der Waals surface area contributed by atoms with E-state index in [0.29, 0.717) is 11.3 Å². The van der Waals surface area contributed by atoms with E-state index in [2.05, 4.69) is 15.3 Å². The van der Waals surface area contributed by atoms with Crippen LogP contribution in [0.3, 0.4) is 0 Å². The Bertz CT molecular complexity index is 631. The maximum atomic E-state index is 6.08. The number of anilines is 1. The third kappa shape index (κ3) is 2.01. The molecule has 0 radical (unpaired) electrons. The van der Waals surface area contributed by atoms with E-state index in [0.717, 1.165) is 10.6 Å². The largest absolute Gasteiger partial charge is 0.367 e. The van der Waals surface area contributed by atoms with Crippen molar-refractivity contribution in [2.24, 2.45) is 0 Å². The van der Waals surface area contributed by atoms with Gasteiger partial charge < -0.3 is 5.32 Å². The standard InChI is InChI=1S/C14H16ClN3S/c15-14-17-12(16-8-4-1-2-5-8)11-9-6-3-7-10(9)19-13(11)18-14/h8H,1-7H2,(H,16,17,18). The monoisotopic (exact) mass is 293 g/mol. The summed E-state index contributed by atoms with van der Waals surface area (Å²) in [5, 5.41) is 5.22. The third-order valence-corrected chi connectivity index (χ3v) is 5.59. The van der Waals surface area contributed by atoms with Gasteiger partial charge in [0.25, 0.3) is 0 Å². The van der Waals surface area contributed by atoms with Crippen LogP contribution in [-0.4, -0.2) is 16.0 Å². The van der Waals surface area contributed by atoms with Gasteiger partial charge in [-0.2, -0.15) is 0 Å². The first-order valence-electron chi connectivity index (χ1n) is 7.05. The van der Waals surface area contributed by atoms with Crippen LogP contribution in [0.2, 0.25) is 5.28 Å². The SMILES string of the molecule is Clc1nc(NC2CCCC2)c2c3c(sc2n1)CCC3. The second kappa shape index (κ2) is 4.60. The summed E-state index contributed by atoms with van der Waals surface area (Å²) < 4.78 is 0. The van der Waals surface area contributed by atoms with Crippen molar-refractivity contribution in [3.8, 4) is 0 Å². The Balaban J connectivity index is 1.82. The molecule has 0 saturated heterocycles. The molecule has 1 N–H and O–H groups in total. The molecule has 0 atom stereocenters. The number of hydrogen-bond donors (Lipinski definition) is 1. The van der Waals surface area contributed by atoms with Gasteiger partial charge in [0.2, 0.25) is 5.28 Å². The molecule has 3 nitrogen and oxygen atoms in total. The Labute approximate surface area is 121 Å². The molecule has 0 unspecified atom stereocenters. The number of nitrogens with one attached hydrogen (secondary N) is 1. The van der Waals surface area contributed by atoms with Crippen molar-refractivity contribution in [2.45, 2.75) is 51.0 Å². The molecule has 1 fully saturated rings. The fraction of sp³-hybridized carbons (Fsp3) is 0.571. The summed E-state index contributed by atoms with van der Waals surface area (Å²) in [6.45, 7) is 0. The van der Waals surface area contributed by atoms with Gasteiger partial charge in [0, 0.05) is 10.9 Å². The van der Waals surface area contributed by atoms with Crippen molar-refractivity contribution < 1.29 is 0 Å². The molecule has 0 aliphatic heterocycles. The van der Waals surface area contributed by atoms with Crippen LogP contribution in [0.25, 0.3) is 10.2 Å². The summed E-state index contributed by atoms with van der Waals surface area (Å²) in [7, 11) is 0. The van der Waals surface area contributed by atoms with Crippen molar-refractivity contribution in [3.05, 3.63) is 15.7 Å². The van der Waals surface area contributed by atoms with Gasteiger partial charge in [-0.15, -0.1) is 11.3 Å². The Kier molecular flexibility index (Phi) is 2.88.